The number of halogens is 1. The number of methoxy groups -OCH3 is 1. The Morgan fingerprint density at radius 3 is 2.86 bits per heavy atom. The van der Waals surface area contributed by atoms with Crippen molar-refractivity contribution in [2.24, 2.45) is 0 Å². The third-order valence-corrected chi connectivity index (χ3v) is 4.45. The molecule has 2 unspecified atom stereocenters. The second kappa shape index (κ2) is 7.65. The Hall–Kier alpha value is -1.53. The molecule has 0 spiro atoms. The molecule has 7 heteroatoms. The summed E-state index contributed by atoms with van der Waals surface area (Å²) in [4.78, 5) is 11.3. The number of rotatable bonds is 6. The Labute approximate surface area is 138 Å². The van der Waals surface area contributed by atoms with Gasteiger partial charge in [0.2, 0.25) is 11.8 Å². The molecule has 0 bridgehead atoms. The van der Waals surface area contributed by atoms with Gasteiger partial charge in [0.05, 0.1) is 18.8 Å². The zero-order valence-electron chi connectivity index (χ0n) is 12.6. The zero-order valence-corrected chi connectivity index (χ0v) is 14.1. The van der Waals surface area contributed by atoms with Crippen molar-refractivity contribution < 1.29 is 13.9 Å². The molecular weight excluding hydrogens is 324 g/mol. The highest BCUT2D eigenvalue weighted by Gasteiger charge is 2.20. The highest BCUT2D eigenvalue weighted by molar-refractivity contribution is 8.00. The maximum Gasteiger partial charge on any atom is 0.306 e. The van der Waals surface area contributed by atoms with E-state index >= 15 is 0 Å². The Morgan fingerprint density at radius 1 is 1.41 bits per heavy atom. The molecule has 0 saturated heterocycles. The average molecular weight is 341 g/mol. The number of ether oxygens (including phenoxy) is 1. The van der Waals surface area contributed by atoms with Gasteiger partial charge >= 0.3 is 5.97 Å². The first-order chi connectivity index (χ1) is 10.5. The lowest BCUT2D eigenvalue weighted by Gasteiger charge is -2.13. The number of hydrogen-bond acceptors (Lipinski definition) is 6. The Balaban J connectivity index is 2.03. The van der Waals surface area contributed by atoms with Crippen LogP contribution in [0.5, 0.6) is 0 Å². The van der Waals surface area contributed by atoms with Crippen LogP contribution in [0.3, 0.4) is 0 Å². The van der Waals surface area contributed by atoms with Crippen LogP contribution in [0.15, 0.2) is 28.7 Å². The van der Waals surface area contributed by atoms with Gasteiger partial charge in [0, 0.05) is 15.8 Å². The molecule has 0 saturated carbocycles. The number of aromatic nitrogens is 2. The number of benzene rings is 1. The lowest BCUT2D eigenvalue weighted by molar-refractivity contribution is -0.140. The normalized spacial score (nSPS) is 13.6. The van der Waals surface area contributed by atoms with Crippen molar-refractivity contribution in [2.75, 3.05) is 7.11 Å². The minimum absolute atomic E-state index is 0.0138. The van der Waals surface area contributed by atoms with Crippen LogP contribution in [-0.2, 0) is 9.53 Å². The smallest absolute Gasteiger partial charge is 0.306 e. The quantitative estimate of drug-likeness (QED) is 0.736. The predicted molar refractivity (Wildman–Crippen MR) is 86.8 cm³/mol. The maximum atomic E-state index is 11.3. The monoisotopic (exact) mass is 340 g/mol. The van der Waals surface area contributed by atoms with Crippen molar-refractivity contribution in [1.82, 2.24) is 10.2 Å². The third kappa shape index (κ3) is 4.48. The van der Waals surface area contributed by atoms with Gasteiger partial charge in [-0.2, -0.15) is 0 Å². The van der Waals surface area contributed by atoms with Crippen LogP contribution in [0.25, 0.3) is 11.5 Å². The van der Waals surface area contributed by atoms with Gasteiger partial charge in [-0.05, 0) is 25.1 Å². The number of esters is 1. The maximum absolute atomic E-state index is 11.3. The molecule has 22 heavy (non-hydrogen) atoms. The number of hydrogen-bond donors (Lipinski definition) is 0. The van der Waals surface area contributed by atoms with Gasteiger partial charge in [0.25, 0.3) is 0 Å². The van der Waals surface area contributed by atoms with E-state index in [0.717, 1.165) is 5.56 Å². The minimum atomic E-state index is -0.225. The highest BCUT2D eigenvalue weighted by Crippen LogP contribution is 2.33. The van der Waals surface area contributed by atoms with E-state index < -0.39 is 0 Å². The average Bonchev–Trinajstić information content (AvgIpc) is 2.96. The zero-order chi connectivity index (χ0) is 16.1. The molecule has 0 N–H and O–H groups in total. The first-order valence-electron chi connectivity index (χ1n) is 6.81. The van der Waals surface area contributed by atoms with E-state index in [0.29, 0.717) is 23.2 Å². The standard InChI is InChI=1S/C15H17ClN2O3S/c1-9(7-13(19)20-3)22-10(2)14-17-18-15(21-14)11-5-4-6-12(16)8-11/h4-6,8-10H,7H2,1-3H3. The molecule has 1 heterocycles. The molecule has 2 rings (SSSR count). The molecule has 0 aliphatic rings. The fraction of sp³-hybridized carbons (Fsp3) is 0.400. The summed E-state index contributed by atoms with van der Waals surface area (Å²) in [5.41, 5.74) is 0.783. The number of carbonyl (C=O) groups excluding carboxylic acids is 1. The van der Waals surface area contributed by atoms with E-state index in [1.165, 1.54) is 7.11 Å². The minimum Gasteiger partial charge on any atom is -0.469 e. The van der Waals surface area contributed by atoms with Crippen LogP contribution in [0, 0.1) is 0 Å². The summed E-state index contributed by atoms with van der Waals surface area (Å²) >= 11 is 7.54. The molecule has 118 valence electrons. The van der Waals surface area contributed by atoms with Gasteiger partial charge in [-0.15, -0.1) is 22.0 Å². The summed E-state index contributed by atoms with van der Waals surface area (Å²) in [6.07, 6.45) is 0.348. The van der Waals surface area contributed by atoms with Crippen molar-refractivity contribution in [2.45, 2.75) is 30.8 Å². The van der Waals surface area contributed by atoms with Crippen molar-refractivity contribution in [1.29, 1.82) is 0 Å². The van der Waals surface area contributed by atoms with Gasteiger partial charge in [-0.1, -0.05) is 24.6 Å². The molecule has 0 amide bonds. The van der Waals surface area contributed by atoms with Crippen molar-refractivity contribution >= 4 is 29.3 Å². The molecular formula is C15H17ClN2O3S. The highest BCUT2D eigenvalue weighted by atomic mass is 35.5. The first kappa shape index (κ1) is 16.8. The second-order valence-electron chi connectivity index (χ2n) is 4.82. The molecule has 0 radical (unpaired) electrons. The summed E-state index contributed by atoms with van der Waals surface area (Å²) in [6.45, 7) is 3.93. The number of carbonyl (C=O) groups is 1. The Kier molecular flexibility index (Phi) is 5.85. The van der Waals surface area contributed by atoms with Gasteiger partial charge in [-0.3, -0.25) is 4.79 Å². The van der Waals surface area contributed by atoms with E-state index in [2.05, 4.69) is 14.9 Å². The molecule has 1 aromatic heterocycles. The predicted octanol–water partition coefficient (Wildman–Crippen LogP) is 4.14. The van der Waals surface area contributed by atoms with Gasteiger partial charge in [0.15, 0.2) is 0 Å². The second-order valence-corrected chi connectivity index (χ2v) is 7.05. The molecule has 5 nitrogen and oxygen atoms in total. The molecule has 2 aromatic rings. The summed E-state index contributed by atoms with van der Waals surface area (Å²) < 4.78 is 10.4. The van der Waals surface area contributed by atoms with Crippen LogP contribution in [-0.4, -0.2) is 28.5 Å². The van der Waals surface area contributed by atoms with Gasteiger partial charge in [-0.25, -0.2) is 0 Å². The number of nitrogens with zero attached hydrogens (tertiary/aromatic N) is 2. The molecule has 0 aliphatic carbocycles. The van der Waals surface area contributed by atoms with Gasteiger partial charge in [0.1, 0.15) is 0 Å². The largest absolute Gasteiger partial charge is 0.469 e. The molecule has 1 aromatic carbocycles. The Morgan fingerprint density at radius 2 is 2.18 bits per heavy atom. The SMILES string of the molecule is COC(=O)CC(C)SC(C)c1nnc(-c2cccc(Cl)c2)o1. The summed E-state index contributed by atoms with van der Waals surface area (Å²) in [5, 5.41) is 8.83. The fourth-order valence-corrected chi connectivity index (χ4v) is 3.24. The van der Waals surface area contributed by atoms with E-state index in [4.69, 9.17) is 16.0 Å². The first-order valence-corrected chi connectivity index (χ1v) is 8.13. The lowest BCUT2D eigenvalue weighted by atomic mass is 10.2. The van der Waals surface area contributed by atoms with Crippen molar-refractivity contribution in [3.8, 4) is 11.5 Å². The number of thioether (sulfide) groups is 1. The summed E-state index contributed by atoms with van der Waals surface area (Å²) in [7, 11) is 1.39. The van der Waals surface area contributed by atoms with Crippen LogP contribution < -0.4 is 0 Å². The van der Waals surface area contributed by atoms with Crippen LogP contribution in [0.1, 0.15) is 31.4 Å². The van der Waals surface area contributed by atoms with E-state index in [9.17, 15) is 4.79 Å². The molecule has 0 aliphatic heterocycles. The van der Waals surface area contributed by atoms with Gasteiger partial charge < -0.3 is 9.15 Å². The third-order valence-electron chi connectivity index (χ3n) is 2.98. The topological polar surface area (TPSA) is 65.2 Å². The molecule has 2 atom stereocenters. The van der Waals surface area contributed by atoms with E-state index in [-0.39, 0.29) is 16.5 Å². The van der Waals surface area contributed by atoms with Crippen LogP contribution >= 0.6 is 23.4 Å². The summed E-state index contributed by atoms with van der Waals surface area (Å²) in [6, 6.07) is 7.25. The van der Waals surface area contributed by atoms with Crippen LogP contribution in [0.2, 0.25) is 5.02 Å². The van der Waals surface area contributed by atoms with Crippen molar-refractivity contribution in [3.63, 3.8) is 0 Å². The van der Waals surface area contributed by atoms with Crippen molar-refractivity contribution in [3.05, 3.63) is 35.2 Å². The summed E-state index contributed by atoms with van der Waals surface area (Å²) in [5.74, 6) is 0.736. The van der Waals surface area contributed by atoms with E-state index in [1.807, 2.05) is 26.0 Å². The van der Waals surface area contributed by atoms with E-state index in [1.54, 1.807) is 23.9 Å². The fourth-order valence-electron chi connectivity index (χ4n) is 1.91. The lowest BCUT2D eigenvalue weighted by Crippen LogP contribution is -2.09. The Bertz CT molecular complexity index is 647. The molecule has 0 fully saturated rings. The van der Waals surface area contributed by atoms with Crippen LogP contribution in [0.4, 0.5) is 0 Å².